The fraction of sp³-hybridized carbons (Fsp3) is 0.0556. The van der Waals surface area contributed by atoms with Gasteiger partial charge in [-0.25, -0.2) is 9.97 Å². The van der Waals surface area contributed by atoms with E-state index in [0.29, 0.717) is 5.56 Å². The van der Waals surface area contributed by atoms with E-state index in [9.17, 15) is 19.7 Å². The van der Waals surface area contributed by atoms with Crippen molar-refractivity contribution in [2.24, 2.45) is 0 Å². The molecule has 4 N–H and O–H groups in total. The highest BCUT2D eigenvalue weighted by molar-refractivity contribution is 5.95. The van der Waals surface area contributed by atoms with Crippen molar-refractivity contribution in [3.63, 3.8) is 0 Å². The lowest BCUT2D eigenvalue weighted by atomic mass is 10.1. The van der Waals surface area contributed by atoms with Crippen molar-refractivity contribution in [2.45, 2.75) is 6.92 Å². The number of pyridine rings is 1. The van der Waals surface area contributed by atoms with Gasteiger partial charge in [0.05, 0.1) is 4.92 Å². The largest absolute Gasteiger partial charge is 0.356 e. The fourth-order valence-corrected chi connectivity index (χ4v) is 2.30. The van der Waals surface area contributed by atoms with Crippen molar-refractivity contribution in [1.82, 2.24) is 25.8 Å². The maximum Gasteiger partial charge on any atom is 0.356 e. The van der Waals surface area contributed by atoms with Crippen LogP contribution in [-0.4, -0.2) is 31.7 Å². The van der Waals surface area contributed by atoms with Crippen molar-refractivity contribution in [1.29, 1.82) is 0 Å². The van der Waals surface area contributed by atoms with Crippen molar-refractivity contribution >= 4 is 29.1 Å². The molecule has 152 valence electrons. The van der Waals surface area contributed by atoms with Gasteiger partial charge in [0.15, 0.2) is 0 Å². The zero-order valence-electron chi connectivity index (χ0n) is 15.6. The molecule has 30 heavy (non-hydrogen) atoms. The number of nitro groups is 1. The van der Waals surface area contributed by atoms with Crippen molar-refractivity contribution in [3.05, 3.63) is 81.9 Å². The minimum atomic E-state index is -0.754. The van der Waals surface area contributed by atoms with Gasteiger partial charge in [0, 0.05) is 11.8 Å². The zero-order chi connectivity index (χ0) is 21.5. The van der Waals surface area contributed by atoms with Crippen LogP contribution in [0.2, 0.25) is 0 Å². The third-order valence-corrected chi connectivity index (χ3v) is 3.81. The Morgan fingerprint density at radius 3 is 2.10 bits per heavy atom. The first-order chi connectivity index (χ1) is 14.5. The topological polar surface area (TPSA) is 164 Å². The standard InChI is InChI=1S/C18H16N8O4/c1-11-5-7-12(8-6-11)17(27)24-22-15-14(26(29)30)16(21-10-20-15)23-25-18(28)13-4-2-3-9-19-13/h2-10H,1H3,(H,24,27)(H,25,28)(H2,20,21,22,23). The Bertz CT molecular complexity index is 1070. The molecule has 1 aromatic carbocycles. The molecule has 0 unspecified atom stereocenters. The van der Waals surface area contributed by atoms with E-state index < -0.39 is 22.4 Å². The molecule has 2 heterocycles. The summed E-state index contributed by atoms with van der Waals surface area (Å²) in [4.78, 5) is 46.4. The number of rotatable bonds is 7. The van der Waals surface area contributed by atoms with Crippen molar-refractivity contribution in [3.8, 4) is 0 Å². The molecule has 0 atom stereocenters. The molecular formula is C18H16N8O4. The number of aryl methyl sites for hydroxylation is 1. The first-order valence-corrected chi connectivity index (χ1v) is 8.55. The zero-order valence-corrected chi connectivity index (χ0v) is 15.6. The monoisotopic (exact) mass is 408 g/mol. The quantitative estimate of drug-likeness (QED) is 0.336. The number of carbonyl (C=O) groups excluding carboxylic acids is 2. The summed E-state index contributed by atoms with van der Waals surface area (Å²) in [5, 5.41) is 11.5. The van der Waals surface area contributed by atoms with Crippen LogP contribution in [0, 0.1) is 17.0 Å². The molecule has 0 saturated carbocycles. The summed E-state index contributed by atoms with van der Waals surface area (Å²) in [6, 6.07) is 11.5. The van der Waals surface area contributed by atoms with Gasteiger partial charge in [-0.1, -0.05) is 23.8 Å². The average Bonchev–Trinajstić information content (AvgIpc) is 2.76. The Morgan fingerprint density at radius 1 is 0.900 bits per heavy atom. The Morgan fingerprint density at radius 2 is 1.53 bits per heavy atom. The second-order valence-corrected chi connectivity index (χ2v) is 5.92. The minimum Gasteiger partial charge on any atom is -0.276 e. The number of benzene rings is 1. The summed E-state index contributed by atoms with van der Waals surface area (Å²) in [5.74, 6) is -1.69. The molecule has 3 rings (SSSR count). The second-order valence-electron chi connectivity index (χ2n) is 5.92. The molecule has 0 fully saturated rings. The van der Waals surface area contributed by atoms with Gasteiger partial charge in [0.2, 0.25) is 11.6 Å². The second kappa shape index (κ2) is 9.05. The van der Waals surface area contributed by atoms with Gasteiger partial charge in [-0.3, -0.25) is 46.4 Å². The lowest BCUT2D eigenvalue weighted by molar-refractivity contribution is -0.383. The number of aromatic nitrogens is 3. The molecule has 0 radical (unpaired) electrons. The van der Waals surface area contributed by atoms with E-state index in [0.717, 1.165) is 11.9 Å². The van der Waals surface area contributed by atoms with Crippen LogP contribution >= 0.6 is 0 Å². The van der Waals surface area contributed by atoms with Crippen LogP contribution in [0.4, 0.5) is 17.3 Å². The van der Waals surface area contributed by atoms with E-state index in [1.165, 1.54) is 12.3 Å². The van der Waals surface area contributed by atoms with Crippen LogP contribution in [0.1, 0.15) is 26.4 Å². The molecule has 0 aliphatic carbocycles. The Hall–Kier alpha value is -4.61. The van der Waals surface area contributed by atoms with Crippen LogP contribution in [-0.2, 0) is 0 Å². The van der Waals surface area contributed by atoms with Gasteiger partial charge in [-0.2, -0.15) is 0 Å². The average molecular weight is 408 g/mol. The molecule has 2 amide bonds. The first-order valence-electron chi connectivity index (χ1n) is 8.55. The van der Waals surface area contributed by atoms with Crippen molar-refractivity contribution < 1.29 is 14.5 Å². The summed E-state index contributed by atoms with van der Waals surface area (Å²) in [6.07, 6.45) is 2.46. The normalized spacial score (nSPS) is 10.0. The highest BCUT2D eigenvalue weighted by Crippen LogP contribution is 2.27. The molecule has 12 heteroatoms. The number of nitrogens with one attached hydrogen (secondary N) is 4. The number of hydrazine groups is 2. The molecule has 12 nitrogen and oxygen atoms in total. The molecule has 0 aliphatic heterocycles. The molecule has 0 bridgehead atoms. The van der Waals surface area contributed by atoms with E-state index in [1.54, 1.807) is 36.4 Å². The van der Waals surface area contributed by atoms with E-state index in [4.69, 9.17) is 0 Å². The Labute approximate surface area is 169 Å². The van der Waals surface area contributed by atoms with Crippen LogP contribution in [0.5, 0.6) is 0 Å². The fourth-order valence-electron chi connectivity index (χ4n) is 2.30. The number of nitrogens with zero attached hydrogens (tertiary/aromatic N) is 4. The summed E-state index contributed by atoms with van der Waals surface area (Å²) >= 11 is 0. The lowest BCUT2D eigenvalue weighted by Gasteiger charge is -2.11. The summed E-state index contributed by atoms with van der Waals surface area (Å²) in [7, 11) is 0. The van der Waals surface area contributed by atoms with Gasteiger partial charge < -0.3 is 0 Å². The molecule has 0 spiro atoms. The van der Waals surface area contributed by atoms with E-state index in [2.05, 4.69) is 36.7 Å². The van der Waals surface area contributed by atoms with Crippen LogP contribution < -0.4 is 21.7 Å². The molecule has 0 saturated heterocycles. The highest BCUT2D eigenvalue weighted by atomic mass is 16.6. The van der Waals surface area contributed by atoms with E-state index in [1.807, 2.05) is 6.92 Å². The van der Waals surface area contributed by atoms with Gasteiger partial charge in [-0.15, -0.1) is 0 Å². The maximum atomic E-state index is 12.2. The first kappa shape index (κ1) is 20.1. The van der Waals surface area contributed by atoms with Gasteiger partial charge in [0.25, 0.3) is 11.8 Å². The Balaban J connectivity index is 1.72. The van der Waals surface area contributed by atoms with Crippen LogP contribution in [0.15, 0.2) is 55.0 Å². The van der Waals surface area contributed by atoms with Crippen LogP contribution in [0.3, 0.4) is 0 Å². The smallest absolute Gasteiger partial charge is 0.276 e. The van der Waals surface area contributed by atoms with Gasteiger partial charge in [-0.05, 0) is 31.2 Å². The molecule has 0 aliphatic rings. The number of hydrogen-bond donors (Lipinski definition) is 4. The predicted octanol–water partition coefficient (Wildman–Crippen LogP) is 1.60. The van der Waals surface area contributed by atoms with E-state index >= 15 is 0 Å². The maximum absolute atomic E-state index is 12.2. The highest BCUT2D eigenvalue weighted by Gasteiger charge is 2.24. The number of carbonyl (C=O) groups is 2. The SMILES string of the molecule is Cc1ccc(C(=O)NNc2ncnc(NNC(=O)c3ccccn3)c2[N+](=O)[O-])cc1. The number of amides is 2. The Kier molecular flexibility index (Phi) is 6.08. The summed E-state index contributed by atoms with van der Waals surface area (Å²) in [5.41, 5.74) is 10.3. The summed E-state index contributed by atoms with van der Waals surface area (Å²) < 4.78 is 0. The van der Waals surface area contributed by atoms with Crippen LogP contribution in [0.25, 0.3) is 0 Å². The lowest BCUT2D eigenvalue weighted by Crippen LogP contribution is -2.32. The minimum absolute atomic E-state index is 0.102. The van der Waals surface area contributed by atoms with Gasteiger partial charge >= 0.3 is 5.69 Å². The third kappa shape index (κ3) is 4.81. The molecule has 2 aromatic heterocycles. The summed E-state index contributed by atoms with van der Waals surface area (Å²) in [6.45, 7) is 1.88. The predicted molar refractivity (Wildman–Crippen MR) is 106 cm³/mol. The van der Waals surface area contributed by atoms with Gasteiger partial charge in [0.1, 0.15) is 12.0 Å². The third-order valence-electron chi connectivity index (χ3n) is 3.81. The van der Waals surface area contributed by atoms with Crippen molar-refractivity contribution in [2.75, 3.05) is 10.9 Å². The molecule has 3 aromatic rings. The number of hydrogen-bond acceptors (Lipinski definition) is 9. The van der Waals surface area contributed by atoms with E-state index in [-0.39, 0.29) is 17.3 Å². The number of anilines is 2. The molecular weight excluding hydrogens is 392 g/mol.